The van der Waals surface area contributed by atoms with Gasteiger partial charge in [0.25, 0.3) is 11.5 Å². The van der Waals surface area contributed by atoms with Crippen LogP contribution >= 0.6 is 0 Å². The molecule has 4 rings (SSSR count). The van der Waals surface area contributed by atoms with Gasteiger partial charge < -0.3 is 29.9 Å². The molecule has 186 valence electrons. The second kappa shape index (κ2) is 9.18. The molecule has 2 bridgehead atoms. The minimum absolute atomic E-state index is 0.0648. The van der Waals surface area contributed by atoms with E-state index in [9.17, 15) is 29.4 Å². The molecule has 3 heterocycles. The van der Waals surface area contributed by atoms with E-state index in [1.807, 2.05) is 13.8 Å². The van der Waals surface area contributed by atoms with E-state index in [0.717, 1.165) is 0 Å². The smallest absolute Gasteiger partial charge is 0.318 e. The van der Waals surface area contributed by atoms with Gasteiger partial charge in [0.05, 0.1) is 18.0 Å². The lowest BCUT2D eigenvalue weighted by Gasteiger charge is -2.38. The molecule has 2 aliphatic heterocycles. The molecule has 1 aromatic carbocycles. The monoisotopic (exact) mass is 482 g/mol. The highest BCUT2D eigenvalue weighted by atomic mass is 16.4. The highest BCUT2D eigenvalue weighted by Crippen LogP contribution is 2.48. The topological polar surface area (TPSA) is 132 Å². The van der Waals surface area contributed by atoms with Gasteiger partial charge in [-0.1, -0.05) is 12.1 Å². The van der Waals surface area contributed by atoms with E-state index in [-0.39, 0.29) is 24.1 Å². The van der Waals surface area contributed by atoms with E-state index >= 15 is 0 Å². The lowest BCUT2D eigenvalue weighted by atomic mass is 9.87. The number of carbonyl (C=O) groups is 3. The summed E-state index contributed by atoms with van der Waals surface area (Å²) in [7, 11) is 3.30. The maximum absolute atomic E-state index is 13.6. The number of urea groups is 1. The maximum Gasteiger partial charge on any atom is 0.318 e. The summed E-state index contributed by atoms with van der Waals surface area (Å²) in [4.78, 5) is 54.3. The number of benzene rings is 1. The van der Waals surface area contributed by atoms with Gasteiger partial charge in [0.15, 0.2) is 0 Å². The van der Waals surface area contributed by atoms with Gasteiger partial charge in [-0.2, -0.15) is 0 Å². The number of hydrogen-bond donors (Lipinski definition) is 3. The van der Waals surface area contributed by atoms with Crippen LogP contribution in [0.2, 0.25) is 0 Å². The third-order valence-electron chi connectivity index (χ3n) is 6.80. The number of aliphatic hydroxyl groups is 1. The second-order valence-electron chi connectivity index (χ2n) is 9.60. The van der Waals surface area contributed by atoms with Gasteiger partial charge in [0.2, 0.25) is 0 Å². The van der Waals surface area contributed by atoms with Crippen LogP contribution in [0, 0.1) is 11.8 Å². The number of carboxylic acid groups (broad SMARTS) is 1. The van der Waals surface area contributed by atoms with Crippen molar-refractivity contribution in [1.82, 2.24) is 19.7 Å². The fraction of sp³-hybridized carbons (Fsp3) is 0.440. The van der Waals surface area contributed by atoms with Crippen molar-refractivity contribution in [2.24, 2.45) is 11.8 Å². The third-order valence-corrected chi connectivity index (χ3v) is 6.80. The van der Waals surface area contributed by atoms with Gasteiger partial charge in [-0.3, -0.25) is 14.4 Å². The average Bonchev–Trinajstić information content (AvgIpc) is 3.05. The summed E-state index contributed by atoms with van der Waals surface area (Å²) in [5.74, 6) is -3.09. The highest BCUT2D eigenvalue weighted by Gasteiger charge is 2.57. The number of carboxylic acids is 1. The predicted molar refractivity (Wildman–Crippen MR) is 128 cm³/mol. The first kappa shape index (κ1) is 24.5. The van der Waals surface area contributed by atoms with Crippen molar-refractivity contribution >= 4 is 17.9 Å². The minimum atomic E-state index is -1.13. The molecule has 4 atom stereocenters. The van der Waals surface area contributed by atoms with Crippen LogP contribution in [0.1, 0.15) is 35.9 Å². The number of nitrogens with one attached hydrogen (secondary N) is 1. The van der Waals surface area contributed by atoms with Gasteiger partial charge in [0, 0.05) is 56.0 Å². The predicted octanol–water partition coefficient (Wildman–Crippen LogP) is 1.38. The Morgan fingerprint density at radius 3 is 2.49 bits per heavy atom. The Balaban J connectivity index is 1.83. The molecule has 0 unspecified atom stereocenters. The van der Waals surface area contributed by atoms with Crippen molar-refractivity contribution in [2.45, 2.75) is 38.5 Å². The van der Waals surface area contributed by atoms with Crippen molar-refractivity contribution in [3.05, 3.63) is 58.0 Å². The second-order valence-corrected chi connectivity index (χ2v) is 9.60. The van der Waals surface area contributed by atoms with E-state index in [1.54, 1.807) is 50.5 Å². The van der Waals surface area contributed by atoms with Gasteiger partial charge in [0.1, 0.15) is 0 Å². The Morgan fingerprint density at radius 1 is 1.17 bits per heavy atom. The number of aromatic nitrogens is 1. The van der Waals surface area contributed by atoms with Crippen LogP contribution in [0.5, 0.6) is 0 Å². The molecule has 0 spiro atoms. The molecule has 10 nitrogen and oxygen atoms in total. The first-order valence-electron chi connectivity index (χ1n) is 11.5. The average molecular weight is 483 g/mol. The first-order valence-corrected chi connectivity index (χ1v) is 11.5. The summed E-state index contributed by atoms with van der Waals surface area (Å²) < 4.78 is 1.51. The van der Waals surface area contributed by atoms with Crippen molar-refractivity contribution in [1.29, 1.82) is 0 Å². The molecule has 1 saturated heterocycles. The molecule has 0 saturated carbocycles. The Hall–Kier alpha value is -3.66. The number of aliphatic hydroxyl groups excluding tert-OH is 1. The number of amides is 3. The first-order chi connectivity index (χ1) is 16.6. The number of rotatable bonds is 5. The lowest BCUT2D eigenvalue weighted by molar-refractivity contribution is -0.144. The third kappa shape index (κ3) is 4.07. The van der Waals surface area contributed by atoms with Crippen LogP contribution in [0.15, 0.2) is 41.2 Å². The van der Waals surface area contributed by atoms with Crippen molar-refractivity contribution in [3.8, 4) is 11.1 Å². The van der Waals surface area contributed by atoms with Crippen molar-refractivity contribution in [3.63, 3.8) is 0 Å². The summed E-state index contributed by atoms with van der Waals surface area (Å²) in [5, 5.41) is 22.9. The fourth-order valence-corrected chi connectivity index (χ4v) is 5.28. The SMILES string of the molecule is CC(C)NC(=O)N1[C@@H]2c3ccc(-c4cccc(C(=O)N(C)C)c4)c(=O)n3C[C@H]1[C@H](CO)[C@H]2C(=O)O. The molecule has 3 N–H and O–H groups in total. The Labute approximate surface area is 202 Å². The van der Waals surface area contributed by atoms with Crippen LogP contribution in [0.25, 0.3) is 11.1 Å². The Bertz CT molecular complexity index is 1240. The molecule has 2 aliphatic rings. The van der Waals surface area contributed by atoms with Crippen LogP contribution in [-0.4, -0.2) is 75.3 Å². The number of carbonyl (C=O) groups excluding carboxylic acids is 2. The fourth-order valence-electron chi connectivity index (χ4n) is 5.28. The molecule has 1 aromatic heterocycles. The Morgan fingerprint density at radius 2 is 1.89 bits per heavy atom. The molecule has 10 heteroatoms. The highest BCUT2D eigenvalue weighted by molar-refractivity contribution is 5.95. The number of nitrogens with zero attached hydrogens (tertiary/aromatic N) is 3. The molecule has 0 aliphatic carbocycles. The Kier molecular flexibility index (Phi) is 6.42. The molecule has 2 aromatic rings. The summed E-state index contributed by atoms with van der Waals surface area (Å²) in [6, 6.07) is 7.92. The number of aliphatic carboxylic acids is 1. The number of fused-ring (bicyclic) bond motifs is 4. The van der Waals surface area contributed by atoms with Gasteiger partial charge in [-0.05, 0) is 43.7 Å². The van der Waals surface area contributed by atoms with Crippen LogP contribution < -0.4 is 10.9 Å². The zero-order valence-corrected chi connectivity index (χ0v) is 20.1. The largest absolute Gasteiger partial charge is 0.481 e. The zero-order chi connectivity index (χ0) is 25.6. The summed E-state index contributed by atoms with van der Waals surface area (Å²) in [6.07, 6.45) is 0. The van der Waals surface area contributed by atoms with Crippen LogP contribution in [-0.2, 0) is 11.3 Å². The number of hydrogen-bond acceptors (Lipinski definition) is 5. The van der Waals surface area contributed by atoms with E-state index in [1.165, 1.54) is 14.4 Å². The van der Waals surface area contributed by atoms with Gasteiger partial charge in [-0.15, -0.1) is 0 Å². The van der Waals surface area contributed by atoms with E-state index in [0.29, 0.717) is 22.4 Å². The minimum Gasteiger partial charge on any atom is -0.481 e. The summed E-state index contributed by atoms with van der Waals surface area (Å²) in [6.45, 7) is 3.26. The maximum atomic E-state index is 13.6. The van der Waals surface area contributed by atoms with Gasteiger partial charge in [-0.25, -0.2) is 4.79 Å². The van der Waals surface area contributed by atoms with Crippen molar-refractivity contribution in [2.75, 3.05) is 20.7 Å². The van der Waals surface area contributed by atoms with Crippen LogP contribution in [0.4, 0.5) is 4.79 Å². The standard InChI is InChI=1S/C25H30N4O6/c1-13(2)26-25(35)29-19-11-28-18(21(29)20(24(33)34)17(19)12-30)9-8-16(23(28)32)14-6-5-7-15(10-14)22(31)27(3)4/h5-10,13,17,19-21,30H,11-12H2,1-4H3,(H,26,35)(H,33,34)/t17-,19-,20+,21+/m0/s1. The quantitative estimate of drug-likeness (QED) is 0.590. The van der Waals surface area contributed by atoms with Crippen LogP contribution in [0.3, 0.4) is 0 Å². The molecule has 3 amide bonds. The van der Waals surface area contributed by atoms with E-state index < -0.39 is 42.5 Å². The summed E-state index contributed by atoms with van der Waals surface area (Å²) in [5.41, 5.74) is 1.46. The normalized spacial score (nSPS) is 22.6. The molecular weight excluding hydrogens is 452 g/mol. The summed E-state index contributed by atoms with van der Waals surface area (Å²) >= 11 is 0. The zero-order valence-electron chi connectivity index (χ0n) is 20.1. The molecular formula is C25H30N4O6. The molecule has 35 heavy (non-hydrogen) atoms. The number of pyridine rings is 1. The van der Waals surface area contributed by atoms with E-state index in [4.69, 9.17) is 0 Å². The molecule has 1 fully saturated rings. The van der Waals surface area contributed by atoms with E-state index in [2.05, 4.69) is 5.32 Å². The van der Waals surface area contributed by atoms with Crippen molar-refractivity contribution < 1.29 is 24.6 Å². The van der Waals surface area contributed by atoms with Gasteiger partial charge >= 0.3 is 12.0 Å². The molecule has 0 radical (unpaired) electrons. The lowest BCUT2D eigenvalue weighted by Crippen LogP contribution is -2.53.